The Bertz CT molecular complexity index is 1730. The van der Waals surface area contributed by atoms with Gasteiger partial charge in [-0.2, -0.15) is 0 Å². The monoisotopic (exact) mass is 527 g/mol. The first-order chi connectivity index (χ1) is 19.5. The van der Waals surface area contributed by atoms with Crippen molar-refractivity contribution in [3.05, 3.63) is 102 Å². The first-order valence-corrected chi connectivity index (χ1v) is 13.5. The molecule has 0 unspecified atom stereocenters. The summed E-state index contributed by atoms with van der Waals surface area (Å²) in [6.45, 7) is 0. The number of methoxy groups -OCH3 is 1. The van der Waals surface area contributed by atoms with Crippen LogP contribution in [0.4, 0.5) is 11.5 Å². The SMILES string of the molecule is COC(=O)Cc1ccc(-c2nc3n(c2-c2ccc(C4(N)CCC4)cc2)-c2cccnc2Nc2ccccc2-3)cc1. The van der Waals surface area contributed by atoms with Crippen LogP contribution in [0, 0.1) is 0 Å². The standard InChI is InChI=1S/C33H29N5O2/c1-40-28(39)20-21-9-11-22(12-10-21)29-30(23-13-15-24(16-14-23)33(34)17-5-18-33)38-27-8-4-19-35-31(27)36-26-7-3-2-6-25(26)32(38)37-29/h2-4,6-16,19H,5,17-18,20,34H2,1H3,(H,35,36). The molecule has 0 radical (unpaired) electrons. The van der Waals surface area contributed by atoms with Crippen molar-refractivity contribution < 1.29 is 9.53 Å². The lowest BCUT2D eigenvalue weighted by atomic mass is 9.72. The highest BCUT2D eigenvalue weighted by Gasteiger charge is 2.34. The van der Waals surface area contributed by atoms with Crippen LogP contribution < -0.4 is 11.1 Å². The molecule has 198 valence electrons. The maximum Gasteiger partial charge on any atom is 0.309 e. The zero-order chi connectivity index (χ0) is 27.3. The quantitative estimate of drug-likeness (QED) is 0.253. The molecule has 0 amide bonds. The predicted molar refractivity (Wildman–Crippen MR) is 156 cm³/mol. The number of nitrogens with one attached hydrogen (secondary N) is 1. The second kappa shape index (κ2) is 9.47. The summed E-state index contributed by atoms with van der Waals surface area (Å²) in [6, 6.07) is 28.8. The van der Waals surface area contributed by atoms with Crippen molar-refractivity contribution in [2.45, 2.75) is 31.2 Å². The number of anilines is 2. The van der Waals surface area contributed by atoms with Crippen molar-refractivity contribution in [1.82, 2.24) is 14.5 Å². The first-order valence-electron chi connectivity index (χ1n) is 13.5. The maximum absolute atomic E-state index is 11.8. The smallest absolute Gasteiger partial charge is 0.309 e. The number of nitrogens with two attached hydrogens (primary N) is 1. The van der Waals surface area contributed by atoms with Crippen molar-refractivity contribution in [3.8, 4) is 39.6 Å². The fourth-order valence-corrected chi connectivity index (χ4v) is 5.72. The fourth-order valence-electron chi connectivity index (χ4n) is 5.72. The highest BCUT2D eigenvalue weighted by atomic mass is 16.5. The Morgan fingerprint density at radius 1 is 0.975 bits per heavy atom. The number of fused-ring (bicyclic) bond motifs is 5. The van der Waals surface area contributed by atoms with Crippen LogP contribution >= 0.6 is 0 Å². The lowest BCUT2D eigenvalue weighted by Crippen LogP contribution is -2.43. The van der Waals surface area contributed by atoms with Gasteiger partial charge in [0.05, 0.1) is 36.3 Å². The number of carbonyl (C=O) groups is 1. The molecule has 2 aliphatic rings. The number of para-hydroxylation sites is 1. The summed E-state index contributed by atoms with van der Waals surface area (Å²) >= 11 is 0. The molecule has 1 fully saturated rings. The molecule has 1 aliphatic carbocycles. The number of aromatic nitrogens is 3. The molecule has 2 aromatic heterocycles. The summed E-state index contributed by atoms with van der Waals surface area (Å²) in [5.74, 6) is 1.33. The number of pyridine rings is 1. The Morgan fingerprint density at radius 3 is 2.45 bits per heavy atom. The van der Waals surface area contributed by atoms with E-state index in [-0.39, 0.29) is 17.9 Å². The minimum absolute atomic E-state index is 0.226. The molecule has 40 heavy (non-hydrogen) atoms. The molecule has 3 aromatic carbocycles. The van der Waals surface area contributed by atoms with Gasteiger partial charge >= 0.3 is 5.97 Å². The van der Waals surface area contributed by atoms with Crippen molar-refractivity contribution in [3.63, 3.8) is 0 Å². The minimum Gasteiger partial charge on any atom is -0.469 e. The molecule has 0 saturated heterocycles. The van der Waals surface area contributed by atoms with E-state index in [1.807, 2.05) is 48.5 Å². The van der Waals surface area contributed by atoms with Crippen molar-refractivity contribution >= 4 is 17.5 Å². The normalized spacial score (nSPS) is 14.6. The predicted octanol–water partition coefficient (Wildman–Crippen LogP) is 6.38. The summed E-state index contributed by atoms with van der Waals surface area (Å²) < 4.78 is 7.05. The van der Waals surface area contributed by atoms with E-state index in [9.17, 15) is 4.79 Å². The van der Waals surface area contributed by atoms with Crippen LogP contribution in [0.5, 0.6) is 0 Å². The van der Waals surface area contributed by atoms with Crippen LogP contribution in [-0.4, -0.2) is 27.6 Å². The van der Waals surface area contributed by atoms with Gasteiger partial charge < -0.3 is 15.8 Å². The Balaban J connectivity index is 1.46. The molecule has 0 bridgehead atoms. The number of carbonyl (C=O) groups excluding carboxylic acids is 1. The molecule has 3 N–H and O–H groups in total. The van der Waals surface area contributed by atoms with Crippen LogP contribution in [0.25, 0.3) is 39.6 Å². The zero-order valence-corrected chi connectivity index (χ0v) is 22.2. The number of rotatable bonds is 5. The van der Waals surface area contributed by atoms with Gasteiger partial charge in [0.25, 0.3) is 0 Å². The van der Waals surface area contributed by atoms with E-state index < -0.39 is 0 Å². The van der Waals surface area contributed by atoms with Gasteiger partial charge in [-0.3, -0.25) is 9.36 Å². The Morgan fingerprint density at radius 2 is 1.73 bits per heavy atom. The molecule has 1 saturated carbocycles. The molecule has 5 aromatic rings. The van der Waals surface area contributed by atoms with E-state index >= 15 is 0 Å². The molecule has 7 heteroatoms. The number of nitrogens with zero attached hydrogens (tertiary/aromatic N) is 3. The van der Waals surface area contributed by atoms with Gasteiger partial charge in [0, 0.05) is 28.4 Å². The Kier molecular flexibility index (Phi) is 5.75. The summed E-state index contributed by atoms with van der Waals surface area (Å²) in [6.07, 6.45) is 5.22. The van der Waals surface area contributed by atoms with Gasteiger partial charge in [0.1, 0.15) is 5.82 Å². The first kappa shape index (κ1) is 24.3. The van der Waals surface area contributed by atoms with Crippen LogP contribution in [0.1, 0.15) is 30.4 Å². The number of ether oxygens (including phenoxy) is 1. The Labute approximate surface area is 232 Å². The van der Waals surface area contributed by atoms with Gasteiger partial charge in [0.15, 0.2) is 5.82 Å². The van der Waals surface area contributed by atoms with E-state index in [1.54, 1.807) is 6.20 Å². The third-order valence-electron chi connectivity index (χ3n) is 8.11. The second-order valence-corrected chi connectivity index (χ2v) is 10.5. The molecular weight excluding hydrogens is 498 g/mol. The average Bonchev–Trinajstić information content (AvgIpc) is 3.31. The van der Waals surface area contributed by atoms with E-state index in [4.69, 9.17) is 15.5 Å². The third kappa shape index (κ3) is 3.98. The fraction of sp³-hybridized carbons (Fsp3) is 0.182. The van der Waals surface area contributed by atoms with E-state index in [0.29, 0.717) is 0 Å². The average molecular weight is 528 g/mol. The highest BCUT2D eigenvalue weighted by Crippen LogP contribution is 2.45. The van der Waals surface area contributed by atoms with E-state index in [0.717, 1.165) is 69.5 Å². The highest BCUT2D eigenvalue weighted by molar-refractivity contribution is 5.91. The summed E-state index contributed by atoms with van der Waals surface area (Å²) in [5.41, 5.74) is 15.1. The summed E-state index contributed by atoms with van der Waals surface area (Å²) in [5, 5.41) is 3.52. The minimum atomic E-state index is -0.264. The van der Waals surface area contributed by atoms with Crippen molar-refractivity contribution in [2.75, 3.05) is 12.4 Å². The number of hydrogen-bond donors (Lipinski definition) is 2. The molecule has 7 rings (SSSR count). The van der Waals surface area contributed by atoms with Gasteiger partial charge in [-0.1, -0.05) is 60.7 Å². The lowest BCUT2D eigenvalue weighted by Gasteiger charge is -2.38. The second-order valence-electron chi connectivity index (χ2n) is 10.5. The van der Waals surface area contributed by atoms with Crippen LogP contribution in [0.15, 0.2) is 91.1 Å². The van der Waals surface area contributed by atoms with Gasteiger partial charge in [0.2, 0.25) is 0 Å². The molecule has 3 heterocycles. The van der Waals surface area contributed by atoms with Gasteiger partial charge in [-0.15, -0.1) is 0 Å². The van der Waals surface area contributed by atoms with Crippen LogP contribution in [-0.2, 0) is 21.5 Å². The maximum atomic E-state index is 11.8. The molecular formula is C33H29N5O2. The van der Waals surface area contributed by atoms with Crippen molar-refractivity contribution in [1.29, 1.82) is 0 Å². The lowest BCUT2D eigenvalue weighted by molar-refractivity contribution is -0.139. The number of imidazole rings is 1. The zero-order valence-electron chi connectivity index (χ0n) is 22.2. The van der Waals surface area contributed by atoms with Gasteiger partial charge in [-0.25, -0.2) is 9.97 Å². The molecule has 0 spiro atoms. The number of esters is 1. The largest absolute Gasteiger partial charge is 0.469 e. The topological polar surface area (TPSA) is 95.1 Å². The van der Waals surface area contributed by atoms with Crippen molar-refractivity contribution in [2.24, 2.45) is 5.73 Å². The van der Waals surface area contributed by atoms with E-state index in [2.05, 4.69) is 51.3 Å². The molecule has 1 aliphatic heterocycles. The summed E-state index contributed by atoms with van der Waals surface area (Å²) in [4.78, 5) is 21.8. The molecule has 0 atom stereocenters. The van der Waals surface area contributed by atoms with E-state index in [1.165, 1.54) is 19.1 Å². The molecule has 7 nitrogen and oxygen atoms in total. The Hall–Kier alpha value is -4.75. The van der Waals surface area contributed by atoms with Crippen LogP contribution in [0.2, 0.25) is 0 Å². The number of benzene rings is 3. The third-order valence-corrected chi connectivity index (χ3v) is 8.11. The summed E-state index contributed by atoms with van der Waals surface area (Å²) in [7, 11) is 1.41. The van der Waals surface area contributed by atoms with Crippen LogP contribution in [0.3, 0.4) is 0 Å². The number of hydrogen-bond acceptors (Lipinski definition) is 6. The van der Waals surface area contributed by atoms with Gasteiger partial charge in [-0.05, 0) is 54.7 Å².